The number of alkyl halides is 1. The first-order valence-corrected chi connectivity index (χ1v) is 3.45. The summed E-state index contributed by atoms with van der Waals surface area (Å²) in [7, 11) is 0. The van der Waals surface area contributed by atoms with E-state index >= 15 is 0 Å². The van der Waals surface area contributed by atoms with Crippen molar-refractivity contribution in [3.63, 3.8) is 0 Å². The van der Waals surface area contributed by atoms with Crippen LogP contribution in [0.3, 0.4) is 0 Å². The van der Waals surface area contributed by atoms with Gasteiger partial charge in [0.2, 0.25) is 0 Å². The molecule has 52 valence electrons. The molecule has 1 atom stereocenters. The van der Waals surface area contributed by atoms with Crippen molar-refractivity contribution in [2.75, 3.05) is 5.88 Å². The highest BCUT2D eigenvalue weighted by atomic mass is 35.5. The zero-order chi connectivity index (χ0) is 7.28. The Bertz CT molecular complexity index is 121. The van der Waals surface area contributed by atoms with Crippen LogP contribution in [0.25, 0.3) is 0 Å². The number of hydrogen-bond donors (Lipinski definition) is 1. The summed E-state index contributed by atoms with van der Waals surface area (Å²) in [6.07, 6.45) is -0.658. The van der Waals surface area contributed by atoms with Gasteiger partial charge in [-0.15, -0.1) is 11.6 Å². The lowest BCUT2D eigenvalue weighted by Crippen LogP contribution is -2.03. The average molecular weight is 147 g/mol. The van der Waals surface area contributed by atoms with Crippen LogP contribution in [0.5, 0.6) is 0 Å². The summed E-state index contributed by atoms with van der Waals surface area (Å²) < 4.78 is 0. The van der Waals surface area contributed by atoms with Crippen molar-refractivity contribution < 1.29 is 5.11 Å². The molecule has 0 bridgehead atoms. The maximum atomic E-state index is 8.80. The maximum absolute atomic E-state index is 8.80. The maximum Gasteiger partial charge on any atom is 0.128 e. The molecule has 9 heavy (non-hydrogen) atoms. The average Bonchev–Trinajstić information content (AvgIpc) is 1.83. The van der Waals surface area contributed by atoms with Crippen LogP contribution in [0.15, 0.2) is 0 Å². The van der Waals surface area contributed by atoms with Crippen molar-refractivity contribution in [3.05, 3.63) is 0 Å². The molecule has 0 aliphatic rings. The molecule has 0 aliphatic carbocycles. The Hall–Kier alpha value is -0.190. The van der Waals surface area contributed by atoms with E-state index < -0.39 is 6.10 Å². The van der Waals surface area contributed by atoms with Gasteiger partial charge in [-0.2, -0.15) is 0 Å². The first-order valence-electron chi connectivity index (χ1n) is 2.92. The highest BCUT2D eigenvalue weighted by molar-refractivity contribution is 6.18. The molecule has 0 spiro atoms. The lowest BCUT2D eigenvalue weighted by atomic mass is 10.2. The van der Waals surface area contributed by atoms with Crippen LogP contribution in [0.4, 0.5) is 0 Å². The SMILES string of the molecule is CC(C)C#CC(O)CCl. The van der Waals surface area contributed by atoms with Crippen molar-refractivity contribution in [1.29, 1.82) is 0 Å². The van der Waals surface area contributed by atoms with Gasteiger partial charge in [0, 0.05) is 5.92 Å². The second kappa shape index (κ2) is 4.67. The Morgan fingerprint density at radius 1 is 1.44 bits per heavy atom. The second-order valence-corrected chi connectivity index (χ2v) is 2.42. The number of aliphatic hydroxyl groups is 1. The van der Waals surface area contributed by atoms with Gasteiger partial charge in [0.15, 0.2) is 0 Å². The summed E-state index contributed by atoms with van der Waals surface area (Å²) in [5.74, 6) is 5.92. The van der Waals surface area contributed by atoms with Crippen LogP contribution in [-0.2, 0) is 0 Å². The minimum absolute atomic E-state index is 0.194. The molecule has 0 saturated carbocycles. The van der Waals surface area contributed by atoms with Gasteiger partial charge in [0.25, 0.3) is 0 Å². The van der Waals surface area contributed by atoms with Crippen molar-refractivity contribution in [2.24, 2.45) is 5.92 Å². The Morgan fingerprint density at radius 3 is 2.33 bits per heavy atom. The summed E-state index contributed by atoms with van der Waals surface area (Å²) in [5.41, 5.74) is 0. The third kappa shape index (κ3) is 5.68. The van der Waals surface area contributed by atoms with E-state index in [0.717, 1.165) is 0 Å². The van der Waals surface area contributed by atoms with E-state index in [-0.39, 0.29) is 5.88 Å². The number of hydrogen-bond acceptors (Lipinski definition) is 1. The van der Waals surface area contributed by atoms with E-state index in [1.54, 1.807) is 0 Å². The van der Waals surface area contributed by atoms with E-state index in [4.69, 9.17) is 16.7 Å². The van der Waals surface area contributed by atoms with Gasteiger partial charge in [-0.05, 0) is 0 Å². The zero-order valence-electron chi connectivity index (χ0n) is 5.69. The quantitative estimate of drug-likeness (QED) is 0.436. The van der Waals surface area contributed by atoms with Crippen LogP contribution in [0, 0.1) is 17.8 Å². The number of aliphatic hydroxyl groups excluding tert-OH is 1. The van der Waals surface area contributed by atoms with Crippen LogP contribution < -0.4 is 0 Å². The predicted octanol–water partition coefficient (Wildman–Crippen LogP) is 1.25. The molecular weight excluding hydrogens is 136 g/mol. The minimum Gasteiger partial charge on any atom is -0.379 e. The Morgan fingerprint density at radius 2 is 2.00 bits per heavy atom. The molecule has 0 aliphatic heterocycles. The van der Waals surface area contributed by atoms with Crippen molar-refractivity contribution in [3.8, 4) is 11.8 Å². The highest BCUT2D eigenvalue weighted by Gasteiger charge is 1.92. The molecule has 2 heteroatoms. The lowest BCUT2D eigenvalue weighted by Gasteiger charge is -1.93. The predicted molar refractivity (Wildman–Crippen MR) is 39.3 cm³/mol. The smallest absolute Gasteiger partial charge is 0.128 e. The summed E-state index contributed by atoms with van der Waals surface area (Å²) in [6.45, 7) is 3.93. The molecule has 0 radical (unpaired) electrons. The summed E-state index contributed by atoms with van der Waals surface area (Å²) in [5, 5.41) is 8.80. The number of rotatable bonds is 1. The van der Waals surface area contributed by atoms with Crippen molar-refractivity contribution >= 4 is 11.6 Å². The van der Waals surface area contributed by atoms with Crippen LogP contribution in [0.2, 0.25) is 0 Å². The van der Waals surface area contributed by atoms with Gasteiger partial charge >= 0.3 is 0 Å². The summed E-state index contributed by atoms with van der Waals surface area (Å²) in [6, 6.07) is 0. The fourth-order valence-corrected chi connectivity index (χ4v) is 0.379. The topological polar surface area (TPSA) is 20.2 Å². The first-order chi connectivity index (χ1) is 4.16. The largest absolute Gasteiger partial charge is 0.379 e. The van der Waals surface area contributed by atoms with Gasteiger partial charge < -0.3 is 5.11 Å². The van der Waals surface area contributed by atoms with E-state index in [1.165, 1.54) is 0 Å². The third-order valence-electron chi connectivity index (χ3n) is 0.685. The minimum atomic E-state index is -0.658. The van der Waals surface area contributed by atoms with Gasteiger partial charge in [-0.1, -0.05) is 25.7 Å². The zero-order valence-corrected chi connectivity index (χ0v) is 6.44. The van der Waals surface area contributed by atoms with Crippen molar-refractivity contribution in [1.82, 2.24) is 0 Å². The third-order valence-corrected chi connectivity index (χ3v) is 0.977. The molecule has 1 nitrogen and oxygen atoms in total. The standard InChI is InChI=1S/C7H11ClO/c1-6(2)3-4-7(9)5-8/h6-7,9H,5H2,1-2H3. The summed E-state index contributed by atoms with van der Waals surface area (Å²) in [4.78, 5) is 0. The molecule has 0 rings (SSSR count). The first kappa shape index (κ1) is 8.81. The fraction of sp³-hybridized carbons (Fsp3) is 0.714. The van der Waals surface area contributed by atoms with Crippen LogP contribution in [0.1, 0.15) is 13.8 Å². The van der Waals surface area contributed by atoms with E-state index in [0.29, 0.717) is 5.92 Å². The monoisotopic (exact) mass is 146 g/mol. The molecule has 1 N–H and O–H groups in total. The Labute approximate surface area is 61.0 Å². The molecule has 0 heterocycles. The molecule has 0 aromatic heterocycles. The summed E-state index contributed by atoms with van der Waals surface area (Å²) >= 11 is 5.28. The molecule has 0 aromatic carbocycles. The van der Waals surface area contributed by atoms with Crippen LogP contribution >= 0.6 is 11.6 Å². The van der Waals surface area contributed by atoms with Gasteiger partial charge in [-0.25, -0.2) is 0 Å². The molecular formula is C7H11ClO. The van der Waals surface area contributed by atoms with E-state index in [1.807, 2.05) is 13.8 Å². The highest BCUT2D eigenvalue weighted by Crippen LogP contribution is 1.89. The Balaban J connectivity index is 3.58. The molecule has 0 saturated heterocycles. The second-order valence-electron chi connectivity index (χ2n) is 2.11. The van der Waals surface area contributed by atoms with Crippen LogP contribution in [-0.4, -0.2) is 17.1 Å². The molecule has 0 amide bonds. The van der Waals surface area contributed by atoms with Gasteiger partial charge in [0.05, 0.1) is 5.88 Å². The van der Waals surface area contributed by atoms with E-state index in [2.05, 4.69) is 11.8 Å². The molecule has 1 unspecified atom stereocenters. The lowest BCUT2D eigenvalue weighted by molar-refractivity contribution is 0.256. The fourth-order valence-electron chi connectivity index (χ4n) is 0.301. The molecule has 0 fully saturated rings. The molecule has 0 aromatic rings. The van der Waals surface area contributed by atoms with Crippen molar-refractivity contribution in [2.45, 2.75) is 20.0 Å². The number of halogens is 1. The Kier molecular flexibility index (Phi) is 4.57. The normalized spacial score (nSPS) is 12.6. The van der Waals surface area contributed by atoms with E-state index in [9.17, 15) is 0 Å². The van der Waals surface area contributed by atoms with Gasteiger partial charge in [-0.3, -0.25) is 0 Å². The van der Waals surface area contributed by atoms with Gasteiger partial charge in [0.1, 0.15) is 6.10 Å².